The van der Waals surface area contributed by atoms with Crippen LogP contribution in [0.2, 0.25) is 0 Å². The van der Waals surface area contributed by atoms with Gasteiger partial charge in [0.2, 0.25) is 15.9 Å². The second kappa shape index (κ2) is 11.0. The van der Waals surface area contributed by atoms with Crippen LogP contribution in [0, 0.1) is 0 Å². The summed E-state index contributed by atoms with van der Waals surface area (Å²) in [6.07, 6.45) is 1.71. The molecular weight excluding hydrogens is 488 g/mol. The van der Waals surface area contributed by atoms with Crippen molar-refractivity contribution in [1.82, 2.24) is 15.0 Å². The van der Waals surface area contributed by atoms with E-state index in [0.29, 0.717) is 11.4 Å². The van der Waals surface area contributed by atoms with Crippen molar-refractivity contribution in [2.24, 2.45) is 0 Å². The molecule has 3 aromatic rings. The van der Waals surface area contributed by atoms with Crippen molar-refractivity contribution in [3.63, 3.8) is 0 Å². The Labute approximate surface area is 209 Å². The molecule has 1 aromatic carbocycles. The third-order valence-corrected chi connectivity index (χ3v) is 7.36. The molecule has 3 rings (SSSR count). The van der Waals surface area contributed by atoms with Crippen LogP contribution in [-0.2, 0) is 21.2 Å². The molecule has 0 aliphatic heterocycles. The summed E-state index contributed by atoms with van der Waals surface area (Å²) in [5.41, 5.74) is -0.0779. The van der Waals surface area contributed by atoms with Gasteiger partial charge < -0.3 is 15.4 Å². The lowest BCUT2D eigenvalue weighted by atomic mass is 10.1. The number of sulfonamides is 1. The monoisotopic (exact) mass is 516 g/mol. The number of hydrogen-bond donors (Lipinski definition) is 3. The van der Waals surface area contributed by atoms with Gasteiger partial charge in [0.1, 0.15) is 17.5 Å². The first kappa shape index (κ1) is 26.3. The number of rotatable bonds is 9. The van der Waals surface area contributed by atoms with Crippen LogP contribution in [0.15, 0.2) is 65.0 Å². The molecule has 0 bridgehead atoms. The lowest BCUT2D eigenvalue weighted by molar-refractivity contribution is -0.118. The summed E-state index contributed by atoms with van der Waals surface area (Å²) in [6, 6.07) is 11.8. The number of pyridine rings is 1. The number of thiophene rings is 1. The number of hydrogen-bond acceptors (Lipinski definition) is 7. The molecule has 2 heterocycles. The van der Waals surface area contributed by atoms with Crippen molar-refractivity contribution in [3.8, 4) is 5.75 Å². The Hall–Kier alpha value is -3.28. The first-order valence-electron chi connectivity index (χ1n) is 10.7. The number of ether oxygens (including phenoxy) is 1. The van der Waals surface area contributed by atoms with Gasteiger partial charge in [0, 0.05) is 22.5 Å². The van der Waals surface area contributed by atoms with E-state index in [4.69, 9.17) is 4.74 Å². The van der Waals surface area contributed by atoms with Crippen LogP contribution in [0.3, 0.4) is 0 Å². The first-order valence-corrected chi connectivity index (χ1v) is 13.1. The number of benzene rings is 1. The minimum atomic E-state index is -3.70. The highest BCUT2D eigenvalue weighted by Crippen LogP contribution is 2.18. The molecule has 0 saturated heterocycles. The molecule has 1 atom stereocenters. The van der Waals surface area contributed by atoms with E-state index in [1.54, 1.807) is 26.8 Å². The summed E-state index contributed by atoms with van der Waals surface area (Å²) in [7, 11) is -2.20. The maximum atomic E-state index is 13.1. The summed E-state index contributed by atoms with van der Waals surface area (Å²) in [5, 5.41) is 7.38. The quantitative estimate of drug-likeness (QED) is 0.401. The van der Waals surface area contributed by atoms with Gasteiger partial charge >= 0.3 is 0 Å². The number of anilines is 1. The predicted octanol–water partition coefficient (Wildman–Crippen LogP) is 3.21. The molecule has 35 heavy (non-hydrogen) atoms. The van der Waals surface area contributed by atoms with Crippen molar-refractivity contribution in [2.75, 3.05) is 12.4 Å². The zero-order valence-electron chi connectivity index (χ0n) is 19.9. The van der Waals surface area contributed by atoms with Gasteiger partial charge in [-0.2, -0.15) is 0 Å². The van der Waals surface area contributed by atoms with Crippen LogP contribution in [0.25, 0.3) is 0 Å². The summed E-state index contributed by atoms with van der Waals surface area (Å²) in [5.74, 6) is -0.430. The standard InChI is InChI=1S/C24H28N4O5S2/c1-24(2,3)28-35(31,32)19-10-7-16(8-11-19)26-23(30)21(14-18-6-5-13-34-18)27-22(29)20-12-9-17(33-4)15-25-20/h5-13,15,21,28H,14H2,1-4H3,(H,26,30)(H,27,29)/t21-/m0/s1. The van der Waals surface area contributed by atoms with E-state index in [-0.39, 0.29) is 17.0 Å². The van der Waals surface area contributed by atoms with E-state index in [1.165, 1.54) is 55.0 Å². The van der Waals surface area contributed by atoms with E-state index in [1.807, 2.05) is 17.5 Å². The molecular formula is C24H28N4O5S2. The lowest BCUT2D eigenvalue weighted by Gasteiger charge is -2.20. The molecule has 11 heteroatoms. The fourth-order valence-electron chi connectivity index (χ4n) is 3.12. The molecule has 0 fully saturated rings. The number of carbonyl (C=O) groups is 2. The Bertz CT molecular complexity index is 1250. The second-order valence-electron chi connectivity index (χ2n) is 8.76. The fourth-order valence-corrected chi connectivity index (χ4v) is 5.29. The van der Waals surface area contributed by atoms with Crippen molar-refractivity contribution in [2.45, 2.75) is 43.7 Å². The summed E-state index contributed by atoms with van der Waals surface area (Å²) < 4.78 is 32.7. The zero-order valence-corrected chi connectivity index (χ0v) is 21.5. The molecule has 0 radical (unpaired) electrons. The van der Waals surface area contributed by atoms with Crippen LogP contribution in [0.1, 0.15) is 36.1 Å². The Morgan fingerprint density at radius 2 is 1.80 bits per heavy atom. The van der Waals surface area contributed by atoms with E-state index in [9.17, 15) is 18.0 Å². The van der Waals surface area contributed by atoms with Gasteiger partial charge in [-0.3, -0.25) is 9.59 Å². The highest BCUT2D eigenvalue weighted by Gasteiger charge is 2.24. The lowest BCUT2D eigenvalue weighted by Crippen LogP contribution is -2.45. The van der Waals surface area contributed by atoms with Gasteiger partial charge in [0.15, 0.2) is 0 Å². The van der Waals surface area contributed by atoms with Crippen LogP contribution in [0.5, 0.6) is 5.75 Å². The van der Waals surface area contributed by atoms with E-state index >= 15 is 0 Å². The normalized spacial score (nSPS) is 12.6. The number of aromatic nitrogens is 1. The van der Waals surface area contributed by atoms with Gasteiger partial charge in [0.05, 0.1) is 18.2 Å². The second-order valence-corrected chi connectivity index (χ2v) is 11.5. The topological polar surface area (TPSA) is 126 Å². The molecule has 9 nitrogen and oxygen atoms in total. The molecule has 186 valence electrons. The van der Waals surface area contributed by atoms with Gasteiger partial charge in [-0.1, -0.05) is 6.07 Å². The maximum absolute atomic E-state index is 13.1. The number of nitrogens with zero attached hydrogens (tertiary/aromatic N) is 1. The van der Waals surface area contributed by atoms with Crippen LogP contribution in [0.4, 0.5) is 5.69 Å². The van der Waals surface area contributed by atoms with Crippen LogP contribution < -0.4 is 20.1 Å². The van der Waals surface area contributed by atoms with Gasteiger partial charge in [0.25, 0.3) is 5.91 Å². The summed E-state index contributed by atoms with van der Waals surface area (Å²) >= 11 is 1.47. The Kier molecular flexibility index (Phi) is 8.26. The molecule has 3 N–H and O–H groups in total. The van der Waals surface area contributed by atoms with Gasteiger partial charge in [-0.15, -0.1) is 11.3 Å². The molecule has 2 aromatic heterocycles. The van der Waals surface area contributed by atoms with E-state index in [2.05, 4.69) is 20.3 Å². The van der Waals surface area contributed by atoms with Crippen molar-refractivity contribution in [3.05, 3.63) is 70.7 Å². The molecule has 0 unspecified atom stereocenters. The highest BCUT2D eigenvalue weighted by atomic mass is 32.2. The molecule has 0 aliphatic carbocycles. The minimum Gasteiger partial charge on any atom is -0.495 e. The van der Waals surface area contributed by atoms with Gasteiger partial charge in [-0.05, 0) is 68.6 Å². The Morgan fingerprint density at radius 3 is 2.34 bits per heavy atom. The first-order chi connectivity index (χ1) is 16.5. The summed E-state index contributed by atoms with van der Waals surface area (Å²) in [6.45, 7) is 5.26. The van der Waals surface area contributed by atoms with E-state index < -0.39 is 33.4 Å². The third-order valence-electron chi connectivity index (χ3n) is 4.68. The number of methoxy groups -OCH3 is 1. The van der Waals surface area contributed by atoms with Crippen LogP contribution >= 0.6 is 11.3 Å². The minimum absolute atomic E-state index is 0.0828. The van der Waals surface area contributed by atoms with Crippen molar-refractivity contribution < 1.29 is 22.7 Å². The van der Waals surface area contributed by atoms with Crippen LogP contribution in [-0.4, -0.2) is 43.9 Å². The third kappa shape index (κ3) is 7.61. The largest absolute Gasteiger partial charge is 0.495 e. The molecule has 0 saturated carbocycles. The Balaban J connectivity index is 1.74. The average molecular weight is 517 g/mol. The predicted molar refractivity (Wildman–Crippen MR) is 135 cm³/mol. The fraction of sp³-hybridized carbons (Fsp3) is 0.292. The number of amides is 2. The maximum Gasteiger partial charge on any atom is 0.270 e. The number of nitrogens with one attached hydrogen (secondary N) is 3. The summed E-state index contributed by atoms with van der Waals surface area (Å²) in [4.78, 5) is 30.9. The van der Waals surface area contributed by atoms with Gasteiger partial charge in [-0.25, -0.2) is 18.1 Å². The SMILES string of the molecule is COc1ccc(C(=O)N[C@@H](Cc2cccs2)C(=O)Nc2ccc(S(=O)(=O)NC(C)(C)C)cc2)nc1. The molecule has 0 aliphatic rings. The average Bonchev–Trinajstić information content (AvgIpc) is 3.30. The zero-order chi connectivity index (χ0) is 25.6. The smallest absolute Gasteiger partial charge is 0.270 e. The number of carbonyl (C=O) groups excluding carboxylic acids is 2. The van der Waals surface area contributed by atoms with Crippen molar-refractivity contribution >= 4 is 38.9 Å². The van der Waals surface area contributed by atoms with Crippen molar-refractivity contribution in [1.29, 1.82) is 0 Å². The Morgan fingerprint density at radius 1 is 1.09 bits per heavy atom. The molecule has 2 amide bonds. The van der Waals surface area contributed by atoms with E-state index in [0.717, 1.165) is 4.88 Å². The highest BCUT2D eigenvalue weighted by molar-refractivity contribution is 7.89. The molecule has 0 spiro atoms.